The molecular formula is C20H20O6. The lowest BCUT2D eigenvalue weighted by Gasteiger charge is -2.12. The number of benzene rings is 2. The molecule has 0 spiro atoms. The van der Waals surface area contributed by atoms with Crippen LogP contribution in [-0.4, -0.2) is 41.3 Å². The monoisotopic (exact) mass is 356 g/mol. The molecule has 0 fully saturated rings. The highest BCUT2D eigenvalue weighted by molar-refractivity contribution is 6.13. The molecule has 2 rings (SSSR count). The quantitative estimate of drug-likeness (QED) is 0.586. The maximum atomic E-state index is 12.6. The van der Waals surface area contributed by atoms with Crippen LogP contribution >= 0.6 is 0 Å². The van der Waals surface area contributed by atoms with Crippen molar-refractivity contribution in [1.82, 2.24) is 0 Å². The van der Waals surface area contributed by atoms with Crippen LogP contribution in [0.3, 0.4) is 0 Å². The minimum atomic E-state index is -0.434. The van der Waals surface area contributed by atoms with E-state index < -0.39 is 5.78 Å². The van der Waals surface area contributed by atoms with Gasteiger partial charge in [-0.1, -0.05) is 5.92 Å². The molecule has 2 aromatic rings. The molecular weight excluding hydrogens is 336 g/mol. The van der Waals surface area contributed by atoms with Gasteiger partial charge in [-0.2, -0.15) is 0 Å². The van der Waals surface area contributed by atoms with E-state index in [9.17, 15) is 4.79 Å². The van der Waals surface area contributed by atoms with Crippen molar-refractivity contribution in [3.05, 3.63) is 41.5 Å². The summed E-state index contributed by atoms with van der Waals surface area (Å²) in [6, 6.07) is 8.37. The first-order chi connectivity index (χ1) is 12.6. The molecule has 0 heterocycles. The van der Waals surface area contributed by atoms with Crippen molar-refractivity contribution in [3.8, 4) is 40.6 Å². The first kappa shape index (κ1) is 19.0. The van der Waals surface area contributed by atoms with E-state index in [-0.39, 0.29) is 5.56 Å². The largest absolute Gasteiger partial charge is 0.496 e. The number of hydrogen-bond donors (Lipinski definition) is 0. The Morgan fingerprint density at radius 2 is 1.31 bits per heavy atom. The van der Waals surface area contributed by atoms with Gasteiger partial charge in [0.25, 0.3) is 0 Å². The predicted octanol–water partition coefficient (Wildman–Crippen LogP) is 2.96. The van der Waals surface area contributed by atoms with Crippen LogP contribution in [0.5, 0.6) is 28.7 Å². The number of ether oxygens (including phenoxy) is 5. The summed E-state index contributed by atoms with van der Waals surface area (Å²) >= 11 is 0. The number of carbonyl (C=O) groups is 1. The van der Waals surface area contributed by atoms with Gasteiger partial charge in [-0.25, -0.2) is 0 Å². The summed E-state index contributed by atoms with van der Waals surface area (Å²) < 4.78 is 26.2. The average Bonchev–Trinajstić information content (AvgIpc) is 2.70. The fourth-order valence-electron chi connectivity index (χ4n) is 2.33. The van der Waals surface area contributed by atoms with E-state index in [4.69, 9.17) is 23.7 Å². The number of ketones is 1. The average molecular weight is 356 g/mol. The maximum Gasteiger partial charge on any atom is 0.243 e. The van der Waals surface area contributed by atoms with Crippen molar-refractivity contribution < 1.29 is 28.5 Å². The summed E-state index contributed by atoms with van der Waals surface area (Å²) in [7, 11) is 7.54. The van der Waals surface area contributed by atoms with Crippen molar-refractivity contribution in [2.24, 2.45) is 0 Å². The van der Waals surface area contributed by atoms with Gasteiger partial charge in [0.2, 0.25) is 5.78 Å². The molecule has 0 bridgehead atoms. The fourth-order valence-corrected chi connectivity index (χ4v) is 2.33. The Bertz CT molecular complexity index is 835. The van der Waals surface area contributed by atoms with Gasteiger partial charge in [0.1, 0.15) is 22.8 Å². The number of carbonyl (C=O) groups excluding carboxylic acids is 1. The Kier molecular flexibility index (Phi) is 6.34. The standard InChI is InChI=1S/C20H20O6/c1-22-14-11-18(25-4)20(19(12-14)26-5)15(21)8-6-13-7-9-16(23-2)17(10-13)24-3/h7,9-12H,1-5H3. The third kappa shape index (κ3) is 4.01. The van der Waals surface area contributed by atoms with E-state index in [2.05, 4.69) is 11.8 Å². The van der Waals surface area contributed by atoms with Crippen LogP contribution in [0, 0.1) is 11.8 Å². The molecule has 0 atom stereocenters. The van der Waals surface area contributed by atoms with E-state index in [0.29, 0.717) is 34.3 Å². The summed E-state index contributed by atoms with van der Waals surface area (Å²) in [6.07, 6.45) is 0. The molecule has 6 nitrogen and oxygen atoms in total. The predicted molar refractivity (Wildman–Crippen MR) is 96.9 cm³/mol. The van der Waals surface area contributed by atoms with E-state index in [1.165, 1.54) is 28.4 Å². The van der Waals surface area contributed by atoms with Crippen LogP contribution < -0.4 is 23.7 Å². The first-order valence-electron chi connectivity index (χ1n) is 7.66. The van der Waals surface area contributed by atoms with Crippen molar-refractivity contribution in [2.45, 2.75) is 0 Å². The van der Waals surface area contributed by atoms with E-state index in [1.807, 2.05) is 0 Å². The number of methoxy groups -OCH3 is 5. The highest BCUT2D eigenvalue weighted by Crippen LogP contribution is 2.34. The van der Waals surface area contributed by atoms with Gasteiger partial charge in [0, 0.05) is 17.7 Å². The maximum absolute atomic E-state index is 12.6. The molecule has 0 radical (unpaired) electrons. The lowest BCUT2D eigenvalue weighted by atomic mass is 10.1. The molecule has 0 aliphatic carbocycles. The summed E-state index contributed by atoms with van der Waals surface area (Å²) in [5, 5.41) is 0. The molecule has 6 heteroatoms. The van der Waals surface area contributed by atoms with Crippen LogP contribution in [0.2, 0.25) is 0 Å². The Morgan fingerprint density at radius 1 is 0.731 bits per heavy atom. The Morgan fingerprint density at radius 3 is 1.81 bits per heavy atom. The summed E-state index contributed by atoms with van der Waals surface area (Å²) in [6.45, 7) is 0. The normalized spacial score (nSPS) is 9.58. The summed E-state index contributed by atoms with van der Waals surface area (Å²) in [5.74, 6) is 7.28. The molecule has 26 heavy (non-hydrogen) atoms. The first-order valence-corrected chi connectivity index (χ1v) is 7.66. The van der Waals surface area contributed by atoms with Crippen molar-refractivity contribution >= 4 is 5.78 Å². The fraction of sp³-hybridized carbons (Fsp3) is 0.250. The van der Waals surface area contributed by atoms with Gasteiger partial charge in [0.05, 0.1) is 35.5 Å². The number of hydrogen-bond acceptors (Lipinski definition) is 6. The number of Topliss-reactive ketones (excluding diaryl/α,β-unsaturated/α-hetero) is 1. The molecule has 136 valence electrons. The molecule has 0 saturated carbocycles. The van der Waals surface area contributed by atoms with Crippen LogP contribution in [0.15, 0.2) is 30.3 Å². The van der Waals surface area contributed by atoms with E-state index in [0.717, 1.165) is 0 Å². The Labute approximate surface area is 152 Å². The van der Waals surface area contributed by atoms with Gasteiger partial charge in [-0.05, 0) is 24.1 Å². The van der Waals surface area contributed by atoms with E-state index >= 15 is 0 Å². The molecule has 0 saturated heterocycles. The van der Waals surface area contributed by atoms with Crippen LogP contribution in [-0.2, 0) is 0 Å². The third-order valence-corrected chi connectivity index (χ3v) is 3.65. The molecule has 2 aromatic carbocycles. The van der Waals surface area contributed by atoms with Crippen LogP contribution in [0.1, 0.15) is 15.9 Å². The molecule has 0 unspecified atom stereocenters. The zero-order valence-corrected chi connectivity index (χ0v) is 15.3. The van der Waals surface area contributed by atoms with Gasteiger partial charge < -0.3 is 23.7 Å². The second kappa shape index (κ2) is 8.67. The Hall–Kier alpha value is -3.33. The lowest BCUT2D eigenvalue weighted by Crippen LogP contribution is -2.04. The second-order valence-electron chi connectivity index (χ2n) is 5.06. The van der Waals surface area contributed by atoms with Crippen LogP contribution in [0.4, 0.5) is 0 Å². The highest BCUT2D eigenvalue weighted by Gasteiger charge is 2.19. The van der Waals surface area contributed by atoms with Gasteiger partial charge in [-0.3, -0.25) is 4.79 Å². The van der Waals surface area contributed by atoms with E-state index in [1.54, 1.807) is 37.4 Å². The molecule has 0 aliphatic heterocycles. The second-order valence-corrected chi connectivity index (χ2v) is 5.06. The molecule has 0 aliphatic rings. The Balaban J connectivity index is 2.41. The SMILES string of the molecule is COc1cc(OC)c(C(=O)C#Cc2ccc(OC)c(OC)c2)c(OC)c1. The van der Waals surface area contributed by atoms with Gasteiger partial charge in [-0.15, -0.1) is 0 Å². The molecule has 0 amide bonds. The van der Waals surface area contributed by atoms with Crippen molar-refractivity contribution in [3.63, 3.8) is 0 Å². The molecule has 0 N–H and O–H groups in total. The highest BCUT2D eigenvalue weighted by atomic mass is 16.5. The zero-order chi connectivity index (χ0) is 19.1. The van der Waals surface area contributed by atoms with Crippen molar-refractivity contribution in [2.75, 3.05) is 35.5 Å². The summed E-state index contributed by atoms with van der Waals surface area (Å²) in [4.78, 5) is 12.6. The van der Waals surface area contributed by atoms with Gasteiger partial charge in [0.15, 0.2) is 11.5 Å². The minimum Gasteiger partial charge on any atom is -0.496 e. The topological polar surface area (TPSA) is 63.2 Å². The molecule has 0 aromatic heterocycles. The third-order valence-electron chi connectivity index (χ3n) is 3.65. The van der Waals surface area contributed by atoms with Gasteiger partial charge >= 0.3 is 0 Å². The number of rotatable bonds is 6. The van der Waals surface area contributed by atoms with Crippen LogP contribution in [0.25, 0.3) is 0 Å². The minimum absolute atomic E-state index is 0.240. The van der Waals surface area contributed by atoms with Crippen molar-refractivity contribution in [1.29, 1.82) is 0 Å². The summed E-state index contributed by atoms with van der Waals surface area (Å²) in [5.41, 5.74) is 0.853. The smallest absolute Gasteiger partial charge is 0.243 e. The lowest BCUT2D eigenvalue weighted by molar-refractivity contribution is 0.105. The zero-order valence-electron chi connectivity index (χ0n) is 15.3.